The number of piperazine rings is 1. The summed E-state index contributed by atoms with van der Waals surface area (Å²) < 4.78 is 65.7. The maximum atomic E-state index is 13.4. The molecule has 1 aromatic rings. The maximum absolute atomic E-state index is 13.4. The largest absolute Gasteiger partial charge is 0.478 e. The van der Waals surface area contributed by atoms with Gasteiger partial charge < -0.3 is 19.8 Å². The van der Waals surface area contributed by atoms with E-state index >= 15 is 0 Å². The first-order valence-corrected chi connectivity index (χ1v) is 9.95. The number of aromatic carboxylic acids is 1. The first kappa shape index (κ1) is 24.8. The highest BCUT2D eigenvalue weighted by molar-refractivity contribution is 6.04. The van der Waals surface area contributed by atoms with Crippen LogP contribution in [0.15, 0.2) is 18.2 Å². The van der Waals surface area contributed by atoms with Gasteiger partial charge in [-0.2, -0.15) is 13.2 Å². The average Bonchev–Trinajstić information content (AvgIpc) is 2.70. The van der Waals surface area contributed by atoms with Crippen LogP contribution in [0.3, 0.4) is 0 Å². The third-order valence-electron chi connectivity index (χ3n) is 5.36. The van der Waals surface area contributed by atoms with Gasteiger partial charge in [0, 0.05) is 44.3 Å². The third-order valence-corrected chi connectivity index (χ3v) is 5.36. The average molecular weight is 451 g/mol. The molecule has 1 aliphatic rings. The number of rotatable bonds is 8. The number of nitrogens with zero attached hydrogens (tertiary/aromatic N) is 3. The van der Waals surface area contributed by atoms with Crippen molar-refractivity contribution in [1.29, 1.82) is 0 Å². The molecule has 1 heterocycles. The van der Waals surface area contributed by atoms with Gasteiger partial charge in [0.15, 0.2) is 0 Å². The van der Waals surface area contributed by atoms with Gasteiger partial charge in [-0.1, -0.05) is 6.92 Å². The van der Waals surface area contributed by atoms with E-state index in [1.54, 1.807) is 0 Å². The Labute approximate surface area is 177 Å². The number of hydrogen-bond acceptors (Lipinski definition) is 4. The summed E-state index contributed by atoms with van der Waals surface area (Å²) in [4.78, 5) is 28.4. The third kappa shape index (κ3) is 6.28. The van der Waals surface area contributed by atoms with E-state index in [-0.39, 0.29) is 6.42 Å². The Hall–Kier alpha value is -2.43. The molecule has 0 aromatic heterocycles. The molecule has 1 fully saturated rings. The Balaban J connectivity index is 2.56. The second-order valence-electron chi connectivity index (χ2n) is 7.50. The molecular weight excluding hydrogens is 425 g/mol. The minimum Gasteiger partial charge on any atom is -0.478 e. The Bertz CT molecular complexity index is 780. The Kier molecular flexibility index (Phi) is 8.21. The molecule has 0 saturated carbocycles. The van der Waals surface area contributed by atoms with Crippen LogP contribution in [0.1, 0.15) is 36.5 Å². The van der Waals surface area contributed by atoms with Crippen LogP contribution in [0.4, 0.5) is 33.3 Å². The monoisotopic (exact) mass is 451 g/mol. The van der Waals surface area contributed by atoms with Gasteiger partial charge in [-0.3, -0.25) is 4.79 Å². The van der Waals surface area contributed by atoms with E-state index in [0.29, 0.717) is 36.8 Å². The highest BCUT2D eigenvalue weighted by Crippen LogP contribution is 2.34. The summed E-state index contributed by atoms with van der Waals surface area (Å²) in [5.74, 6) is -3.78. The number of alkyl halides is 5. The SMILES string of the molecule is CCC(CCC(F)F)N(C(=O)C(F)(F)F)c1cc(N2CCN(C)CC2)ccc1C(=O)O. The van der Waals surface area contributed by atoms with Crippen molar-refractivity contribution in [3.63, 3.8) is 0 Å². The zero-order valence-electron chi connectivity index (χ0n) is 17.3. The highest BCUT2D eigenvalue weighted by Gasteiger charge is 2.46. The summed E-state index contributed by atoms with van der Waals surface area (Å²) in [6, 6.07) is 2.64. The van der Waals surface area contributed by atoms with Gasteiger partial charge >= 0.3 is 18.1 Å². The number of amides is 1. The van der Waals surface area contributed by atoms with E-state index in [0.717, 1.165) is 6.07 Å². The number of anilines is 2. The van der Waals surface area contributed by atoms with Crippen molar-refractivity contribution in [2.75, 3.05) is 43.0 Å². The van der Waals surface area contributed by atoms with Crippen LogP contribution < -0.4 is 9.80 Å². The van der Waals surface area contributed by atoms with E-state index in [2.05, 4.69) is 4.90 Å². The molecule has 2 rings (SSSR count). The van der Waals surface area contributed by atoms with Crippen LogP contribution in [0.2, 0.25) is 0 Å². The van der Waals surface area contributed by atoms with Crippen molar-refractivity contribution < 1.29 is 36.6 Å². The molecule has 6 nitrogen and oxygen atoms in total. The number of carbonyl (C=O) groups excluding carboxylic acids is 1. The first-order chi connectivity index (χ1) is 14.5. The quantitative estimate of drug-likeness (QED) is 0.609. The summed E-state index contributed by atoms with van der Waals surface area (Å²) in [7, 11) is 1.93. The predicted molar refractivity (Wildman–Crippen MR) is 106 cm³/mol. The van der Waals surface area contributed by atoms with E-state index in [4.69, 9.17) is 0 Å². The minimum absolute atomic E-state index is 0.0493. The van der Waals surface area contributed by atoms with Gasteiger partial charge in [0.25, 0.3) is 0 Å². The molecule has 1 aliphatic heterocycles. The summed E-state index contributed by atoms with van der Waals surface area (Å²) >= 11 is 0. The summed E-state index contributed by atoms with van der Waals surface area (Å²) in [5, 5.41) is 9.55. The zero-order chi connectivity index (χ0) is 23.3. The second-order valence-corrected chi connectivity index (χ2v) is 7.50. The van der Waals surface area contributed by atoms with E-state index in [1.165, 1.54) is 19.1 Å². The zero-order valence-corrected chi connectivity index (χ0v) is 17.3. The van der Waals surface area contributed by atoms with Crippen LogP contribution in [0.5, 0.6) is 0 Å². The van der Waals surface area contributed by atoms with Gasteiger partial charge in [0.2, 0.25) is 6.43 Å². The Morgan fingerprint density at radius 3 is 2.23 bits per heavy atom. The summed E-state index contributed by atoms with van der Waals surface area (Å²) in [6.07, 6.45) is -9.20. The molecule has 0 radical (unpaired) electrons. The standard InChI is InChI=1S/C20H26F5N3O3/c1-3-13(5-7-17(21)22)28(19(31)20(23,24)25)16-12-14(4-6-15(16)18(29)30)27-10-8-26(2)9-11-27/h4,6,12-13,17H,3,5,7-11H2,1-2H3,(H,29,30). The van der Waals surface area contributed by atoms with Crippen molar-refractivity contribution in [3.05, 3.63) is 23.8 Å². The molecule has 1 atom stereocenters. The van der Waals surface area contributed by atoms with Crippen molar-refractivity contribution in [3.8, 4) is 0 Å². The van der Waals surface area contributed by atoms with E-state index in [9.17, 15) is 36.6 Å². The summed E-state index contributed by atoms with van der Waals surface area (Å²) in [6.45, 7) is 4.01. The summed E-state index contributed by atoms with van der Waals surface area (Å²) in [5.41, 5.74) is -0.463. The maximum Gasteiger partial charge on any atom is 0.471 e. The van der Waals surface area contributed by atoms with Gasteiger partial charge in [0.05, 0.1) is 11.3 Å². The molecule has 31 heavy (non-hydrogen) atoms. The molecule has 1 N–H and O–H groups in total. The van der Waals surface area contributed by atoms with E-state index in [1.807, 2.05) is 11.9 Å². The fourth-order valence-electron chi connectivity index (χ4n) is 3.60. The Morgan fingerprint density at radius 1 is 1.13 bits per heavy atom. The molecule has 11 heteroatoms. The molecular formula is C20H26F5N3O3. The molecule has 1 saturated heterocycles. The lowest BCUT2D eigenvalue weighted by atomic mass is 10.0. The number of benzene rings is 1. The van der Waals surface area contributed by atoms with Gasteiger partial charge in [-0.05, 0) is 38.1 Å². The van der Waals surface area contributed by atoms with Gasteiger partial charge in [0.1, 0.15) is 0 Å². The molecule has 0 aliphatic carbocycles. The Morgan fingerprint density at radius 2 is 1.74 bits per heavy atom. The fourth-order valence-corrected chi connectivity index (χ4v) is 3.60. The van der Waals surface area contributed by atoms with Crippen LogP contribution in [0.25, 0.3) is 0 Å². The molecule has 0 bridgehead atoms. The number of hydrogen-bond donors (Lipinski definition) is 1. The number of carboxylic acids is 1. The highest BCUT2D eigenvalue weighted by atomic mass is 19.4. The van der Waals surface area contributed by atoms with Crippen molar-refractivity contribution in [2.45, 2.75) is 44.8 Å². The van der Waals surface area contributed by atoms with Crippen molar-refractivity contribution in [2.24, 2.45) is 0 Å². The van der Waals surface area contributed by atoms with Crippen molar-refractivity contribution >= 4 is 23.3 Å². The van der Waals surface area contributed by atoms with Gasteiger partial charge in [-0.25, -0.2) is 13.6 Å². The molecule has 1 aromatic carbocycles. The van der Waals surface area contributed by atoms with Gasteiger partial charge in [-0.15, -0.1) is 0 Å². The molecule has 1 amide bonds. The normalized spacial score (nSPS) is 16.5. The predicted octanol–water partition coefficient (Wildman–Crippen LogP) is 3.86. The first-order valence-electron chi connectivity index (χ1n) is 9.95. The molecule has 174 valence electrons. The fraction of sp³-hybridized carbons (Fsp3) is 0.600. The van der Waals surface area contributed by atoms with Crippen LogP contribution in [-0.4, -0.2) is 73.8 Å². The number of halogens is 5. The molecule has 1 unspecified atom stereocenters. The number of carboxylic acid groups (broad SMARTS) is 1. The molecule has 0 spiro atoms. The number of likely N-dealkylation sites (N-methyl/N-ethyl adjacent to an activating group) is 1. The minimum atomic E-state index is -5.29. The van der Waals surface area contributed by atoms with E-state index < -0.39 is 54.6 Å². The van der Waals surface area contributed by atoms with Crippen molar-refractivity contribution in [1.82, 2.24) is 4.90 Å². The number of carbonyl (C=O) groups is 2. The lowest BCUT2D eigenvalue weighted by molar-refractivity contribution is -0.171. The smallest absolute Gasteiger partial charge is 0.471 e. The van der Waals surface area contributed by atoms with Crippen LogP contribution in [-0.2, 0) is 4.79 Å². The van der Waals surface area contributed by atoms with Crippen LogP contribution in [0, 0.1) is 0 Å². The second kappa shape index (κ2) is 10.3. The lowest BCUT2D eigenvalue weighted by Crippen LogP contribution is -2.48. The lowest BCUT2D eigenvalue weighted by Gasteiger charge is -2.36. The van der Waals surface area contributed by atoms with Crippen LogP contribution >= 0.6 is 0 Å². The topological polar surface area (TPSA) is 64.1 Å².